The molecule has 2 aromatic carbocycles. The zero-order chi connectivity index (χ0) is 14.0. The molecule has 0 aliphatic heterocycles. The van der Waals surface area contributed by atoms with E-state index < -0.39 is 0 Å². The lowest BCUT2D eigenvalue weighted by molar-refractivity contribution is 0.407. The molecule has 0 aromatic heterocycles. The van der Waals surface area contributed by atoms with E-state index in [1.54, 1.807) is 7.11 Å². The van der Waals surface area contributed by atoms with Crippen molar-refractivity contribution < 1.29 is 4.74 Å². The molecule has 0 bridgehead atoms. The van der Waals surface area contributed by atoms with Crippen molar-refractivity contribution in [1.82, 2.24) is 0 Å². The first-order valence-corrected chi connectivity index (χ1v) is 7.05. The Morgan fingerprint density at radius 3 is 2.63 bits per heavy atom. The van der Waals surface area contributed by atoms with Crippen LogP contribution in [0.3, 0.4) is 0 Å². The van der Waals surface area contributed by atoms with Crippen LogP contribution in [-0.4, -0.2) is 7.11 Å². The van der Waals surface area contributed by atoms with Crippen molar-refractivity contribution in [3.8, 4) is 5.75 Å². The van der Waals surface area contributed by atoms with Crippen molar-refractivity contribution in [2.45, 2.75) is 13.0 Å². The second-order valence-electron chi connectivity index (χ2n) is 4.38. The normalized spacial score (nSPS) is 12.3. The number of nitrogens with two attached hydrogens (primary N) is 1. The molecule has 0 amide bonds. The SMILES string of the molecule is COc1cc(C)c(Br)cc1C(N)c1cccc(Cl)c1. The average Bonchev–Trinajstić information content (AvgIpc) is 2.40. The molecule has 0 fully saturated rings. The molecule has 0 saturated heterocycles. The lowest BCUT2D eigenvalue weighted by Gasteiger charge is -2.18. The van der Waals surface area contributed by atoms with Crippen LogP contribution in [0.15, 0.2) is 40.9 Å². The van der Waals surface area contributed by atoms with Gasteiger partial charge in [0.05, 0.1) is 13.2 Å². The Morgan fingerprint density at radius 1 is 1.26 bits per heavy atom. The molecule has 0 spiro atoms. The van der Waals surface area contributed by atoms with E-state index in [1.807, 2.05) is 43.3 Å². The summed E-state index contributed by atoms with van der Waals surface area (Å²) in [5.41, 5.74) is 9.32. The third-order valence-electron chi connectivity index (χ3n) is 3.05. The molecular weight excluding hydrogens is 326 g/mol. The third-order valence-corrected chi connectivity index (χ3v) is 4.14. The van der Waals surface area contributed by atoms with Gasteiger partial charge in [-0.25, -0.2) is 0 Å². The molecule has 1 atom stereocenters. The van der Waals surface area contributed by atoms with E-state index in [4.69, 9.17) is 22.1 Å². The fourth-order valence-corrected chi connectivity index (χ4v) is 2.53. The van der Waals surface area contributed by atoms with Crippen LogP contribution in [0.25, 0.3) is 0 Å². The summed E-state index contributed by atoms with van der Waals surface area (Å²) >= 11 is 9.54. The van der Waals surface area contributed by atoms with E-state index >= 15 is 0 Å². The Labute approximate surface area is 126 Å². The number of aryl methyl sites for hydroxylation is 1. The first-order valence-electron chi connectivity index (χ1n) is 5.88. The standard InChI is InChI=1S/C15H15BrClNO/c1-9-6-14(19-2)12(8-13(9)16)15(18)10-4-3-5-11(17)7-10/h3-8,15H,18H2,1-2H3. The van der Waals surface area contributed by atoms with E-state index in [0.29, 0.717) is 5.02 Å². The molecule has 2 aromatic rings. The molecular formula is C15H15BrClNO. The zero-order valence-corrected chi connectivity index (χ0v) is 13.1. The summed E-state index contributed by atoms with van der Waals surface area (Å²) in [4.78, 5) is 0. The highest BCUT2D eigenvalue weighted by Gasteiger charge is 2.16. The van der Waals surface area contributed by atoms with Gasteiger partial charge in [0, 0.05) is 15.1 Å². The Bertz CT molecular complexity index is 601. The smallest absolute Gasteiger partial charge is 0.124 e. The maximum Gasteiger partial charge on any atom is 0.124 e. The largest absolute Gasteiger partial charge is 0.496 e. The zero-order valence-electron chi connectivity index (χ0n) is 10.8. The third kappa shape index (κ3) is 3.11. The molecule has 0 aliphatic carbocycles. The number of hydrogen-bond acceptors (Lipinski definition) is 2. The highest BCUT2D eigenvalue weighted by molar-refractivity contribution is 9.10. The van der Waals surface area contributed by atoms with E-state index in [1.165, 1.54) is 0 Å². The second kappa shape index (κ2) is 5.95. The predicted octanol–water partition coefficient (Wildman–Crippen LogP) is 4.47. The molecule has 2 nitrogen and oxygen atoms in total. The first kappa shape index (κ1) is 14.4. The van der Waals surface area contributed by atoms with Crippen LogP contribution in [0.4, 0.5) is 0 Å². The summed E-state index contributed by atoms with van der Waals surface area (Å²) in [5, 5.41) is 0.679. The minimum Gasteiger partial charge on any atom is -0.496 e. The van der Waals surface area contributed by atoms with Crippen LogP contribution in [0, 0.1) is 6.92 Å². The molecule has 2 N–H and O–H groups in total. The van der Waals surface area contributed by atoms with Gasteiger partial charge in [0.2, 0.25) is 0 Å². The quantitative estimate of drug-likeness (QED) is 0.895. The van der Waals surface area contributed by atoms with Crippen LogP contribution in [-0.2, 0) is 0 Å². The van der Waals surface area contributed by atoms with E-state index in [-0.39, 0.29) is 6.04 Å². The Hall–Kier alpha value is -1.03. The van der Waals surface area contributed by atoms with Gasteiger partial charge in [0.25, 0.3) is 0 Å². The number of halogens is 2. The fourth-order valence-electron chi connectivity index (χ4n) is 1.97. The molecule has 100 valence electrons. The molecule has 2 rings (SSSR count). The molecule has 0 radical (unpaired) electrons. The van der Waals surface area contributed by atoms with E-state index in [9.17, 15) is 0 Å². The summed E-state index contributed by atoms with van der Waals surface area (Å²) in [6.07, 6.45) is 0. The summed E-state index contributed by atoms with van der Waals surface area (Å²) in [6, 6.07) is 11.3. The fraction of sp³-hybridized carbons (Fsp3) is 0.200. The van der Waals surface area contributed by atoms with Crippen molar-refractivity contribution in [2.24, 2.45) is 5.73 Å². The highest BCUT2D eigenvalue weighted by atomic mass is 79.9. The average molecular weight is 341 g/mol. The number of benzene rings is 2. The summed E-state index contributed by atoms with van der Waals surface area (Å²) in [7, 11) is 1.65. The molecule has 0 heterocycles. The van der Waals surface area contributed by atoms with Crippen molar-refractivity contribution in [2.75, 3.05) is 7.11 Å². The first-order chi connectivity index (χ1) is 9.02. The van der Waals surface area contributed by atoms with Gasteiger partial charge in [-0.15, -0.1) is 0 Å². The van der Waals surface area contributed by atoms with Crippen LogP contribution >= 0.6 is 27.5 Å². The number of methoxy groups -OCH3 is 1. The Morgan fingerprint density at radius 2 is 2.00 bits per heavy atom. The number of ether oxygens (including phenoxy) is 1. The number of hydrogen-bond donors (Lipinski definition) is 1. The lowest BCUT2D eigenvalue weighted by atomic mass is 9.98. The second-order valence-corrected chi connectivity index (χ2v) is 5.67. The van der Waals surface area contributed by atoms with Gasteiger partial charge in [0.1, 0.15) is 5.75 Å². The maximum absolute atomic E-state index is 6.32. The topological polar surface area (TPSA) is 35.2 Å². The van der Waals surface area contributed by atoms with Crippen LogP contribution < -0.4 is 10.5 Å². The highest BCUT2D eigenvalue weighted by Crippen LogP contribution is 2.33. The Balaban J connectivity index is 2.49. The maximum atomic E-state index is 6.32. The minimum absolute atomic E-state index is 0.273. The van der Waals surface area contributed by atoms with Crippen LogP contribution in [0.1, 0.15) is 22.7 Å². The van der Waals surface area contributed by atoms with Gasteiger partial charge < -0.3 is 10.5 Å². The van der Waals surface area contributed by atoms with Crippen molar-refractivity contribution in [3.05, 3.63) is 62.6 Å². The summed E-state index contributed by atoms with van der Waals surface area (Å²) in [5.74, 6) is 0.785. The van der Waals surface area contributed by atoms with Gasteiger partial charge in [-0.3, -0.25) is 0 Å². The molecule has 19 heavy (non-hydrogen) atoms. The predicted molar refractivity (Wildman–Crippen MR) is 82.9 cm³/mol. The van der Waals surface area contributed by atoms with E-state index in [0.717, 1.165) is 26.9 Å². The van der Waals surface area contributed by atoms with Gasteiger partial charge >= 0.3 is 0 Å². The van der Waals surface area contributed by atoms with Crippen LogP contribution in [0.2, 0.25) is 5.02 Å². The molecule has 0 saturated carbocycles. The van der Waals surface area contributed by atoms with Gasteiger partial charge in [-0.05, 0) is 42.3 Å². The minimum atomic E-state index is -0.273. The van der Waals surface area contributed by atoms with Crippen LogP contribution in [0.5, 0.6) is 5.75 Å². The van der Waals surface area contributed by atoms with Gasteiger partial charge in [-0.2, -0.15) is 0 Å². The van der Waals surface area contributed by atoms with E-state index in [2.05, 4.69) is 15.9 Å². The van der Waals surface area contributed by atoms with Gasteiger partial charge in [-0.1, -0.05) is 39.7 Å². The lowest BCUT2D eigenvalue weighted by Crippen LogP contribution is -2.13. The monoisotopic (exact) mass is 339 g/mol. The molecule has 0 aliphatic rings. The van der Waals surface area contributed by atoms with Gasteiger partial charge in [0.15, 0.2) is 0 Å². The summed E-state index contributed by atoms with van der Waals surface area (Å²) < 4.78 is 6.43. The van der Waals surface area contributed by atoms with Crippen molar-refractivity contribution >= 4 is 27.5 Å². The Kier molecular flexibility index (Phi) is 4.50. The number of rotatable bonds is 3. The van der Waals surface area contributed by atoms with Crippen molar-refractivity contribution in [3.63, 3.8) is 0 Å². The summed E-state index contributed by atoms with van der Waals surface area (Å²) in [6.45, 7) is 2.02. The van der Waals surface area contributed by atoms with Crippen molar-refractivity contribution in [1.29, 1.82) is 0 Å². The molecule has 4 heteroatoms. The molecule has 1 unspecified atom stereocenters.